The van der Waals surface area contributed by atoms with Crippen LogP contribution in [0.15, 0.2) is 22.8 Å². The van der Waals surface area contributed by atoms with Crippen molar-refractivity contribution in [1.82, 2.24) is 10.2 Å². The van der Waals surface area contributed by atoms with Crippen LogP contribution in [0.5, 0.6) is 0 Å². The first-order valence-corrected chi connectivity index (χ1v) is 7.06. The van der Waals surface area contributed by atoms with E-state index in [1.807, 2.05) is 6.07 Å². The predicted molar refractivity (Wildman–Crippen MR) is 74.8 cm³/mol. The van der Waals surface area contributed by atoms with Gasteiger partial charge in [0.2, 0.25) is 0 Å². The van der Waals surface area contributed by atoms with Crippen molar-refractivity contribution in [2.75, 3.05) is 21.1 Å². The third kappa shape index (κ3) is 2.62. The lowest BCUT2D eigenvalue weighted by molar-refractivity contribution is 0.0579. The van der Waals surface area contributed by atoms with Crippen LogP contribution in [-0.2, 0) is 6.42 Å². The number of furan rings is 1. The molecule has 3 heteroatoms. The second kappa shape index (κ2) is 5.89. The topological polar surface area (TPSA) is 28.4 Å². The van der Waals surface area contributed by atoms with Crippen LogP contribution in [0.25, 0.3) is 0 Å². The first kappa shape index (κ1) is 13.6. The van der Waals surface area contributed by atoms with Crippen molar-refractivity contribution in [3.05, 3.63) is 24.2 Å². The summed E-state index contributed by atoms with van der Waals surface area (Å²) in [5.74, 6) is 1.08. The van der Waals surface area contributed by atoms with Crippen LogP contribution in [0.3, 0.4) is 0 Å². The Kier molecular flexibility index (Phi) is 4.46. The van der Waals surface area contributed by atoms with Gasteiger partial charge in [-0.1, -0.05) is 19.3 Å². The third-order valence-corrected chi connectivity index (χ3v) is 4.59. The van der Waals surface area contributed by atoms with Gasteiger partial charge in [0.25, 0.3) is 0 Å². The molecule has 0 amide bonds. The first-order valence-electron chi connectivity index (χ1n) is 7.06. The maximum atomic E-state index is 5.52. The molecule has 18 heavy (non-hydrogen) atoms. The van der Waals surface area contributed by atoms with Crippen LogP contribution < -0.4 is 5.32 Å². The standard InChI is InChI=1S/C15H26N2O/c1-16-14(12-13-8-7-11-18-13)15(17(2)3)9-5-4-6-10-15/h7-8,11,14,16H,4-6,9-10,12H2,1-3H3. The van der Waals surface area contributed by atoms with Crippen molar-refractivity contribution in [2.45, 2.75) is 50.1 Å². The lowest BCUT2D eigenvalue weighted by Crippen LogP contribution is -2.60. The van der Waals surface area contributed by atoms with Crippen molar-refractivity contribution in [1.29, 1.82) is 0 Å². The van der Waals surface area contributed by atoms with E-state index in [9.17, 15) is 0 Å². The van der Waals surface area contributed by atoms with Crippen LogP contribution in [0.2, 0.25) is 0 Å². The van der Waals surface area contributed by atoms with Gasteiger partial charge in [-0.15, -0.1) is 0 Å². The molecule has 2 rings (SSSR count). The molecular formula is C15H26N2O. The smallest absolute Gasteiger partial charge is 0.105 e. The van der Waals surface area contributed by atoms with Gasteiger partial charge in [-0.05, 0) is 46.1 Å². The Labute approximate surface area is 111 Å². The molecule has 1 N–H and O–H groups in total. The van der Waals surface area contributed by atoms with Gasteiger partial charge >= 0.3 is 0 Å². The number of likely N-dealkylation sites (N-methyl/N-ethyl adjacent to an activating group) is 2. The Balaban J connectivity index is 2.16. The number of hydrogen-bond acceptors (Lipinski definition) is 3. The molecule has 3 nitrogen and oxygen atoms in total. The van der Waals surface area contributed by atoms with E-state index in [0.29, 0.717) is 6.04 Å². The minimum Gasteiger partial charge on any atom is -0.469 e. The monoisotopic (exact) mass is 250 g/mol. The van der Waals surface area contributed by atoms with E-state index in [4.69, 9.17) is 4.42 Å². The highest BCUT2D eigenvalue weighted by atomic mass is 16.3. The van der Waals surface area contributed by atoms with Gasteiger partial charge in [0.1, 0.15) is 5.76 Å². The molecule has 1 aromatic heterocycles. The van der Waals surface area contributed by atoms with Gasteiger partial charge in [0, 0.05) is 18.0 Å². The predicted octanol–water partition coefficient (Wildman–Crippen LogP) is 2.67. The van der Waals surface area contributed by atoms with Gasteiger partial charge in [-0.25, -0.2) is 0 Å². The molecule has 1 unspecified atom stereocenters. The highest BCUT2D eigenvalue weighted by Gasteiger charge is 2.41. The van der Waals surface area contributed by atoms with Crippen molar-refractivity contribution < 1.29 is 4.42 Å². The van der Waals surface area contributed by atoms with Gasteiger partial charge in [-0.2, -0.15) is 0 Å². The maximum absolute atomic E-state index is 5.52. The Morgan fingerprint density at radius 2 is 2.06 bits per heavy atom. The molecule has 102 valence electrons. The number of hydrogen-bond donors (Lipinski definition) is 1. The van der Waals surface area contributed by atoms with Gasteiger partial charge in [0.15, 0.2) is 0 Å². The molecule has 1 aromatic rings. The summed E-state index contributed by atoms with van der Waals surface area (Å²) >= 11 is 0. The zero-order valence-corrected chi connectivity index (χ0v) is 11.9. The van der Waals surface area contributed by atoms with E-state index in [1.165, 1.54) is 32.1 Å². The average molecular weight is 250 g/mol. The second-order valence-corrected chi connectivity index (χ2v) is 5.68. The number of rotatable bonds is 5. The zero-order chi connectivity index (χ0) is 13.0. The lowest BCUT2D eigenvalue weighted by atomic mass is 9.74. The molecule has 1 atom stereocenters. The molecule has 0 bridgehead atoms. The van der Waals surface area contributed by atoms with E-state index in [1.54, 1.807) is 6.26 Å². The average Bonchev–Trinajstić information content (AvgIpc) is 2.89. The van der Waals surface area contributed by atoms with Crippen LogP contribution >= 0.6 is 0 Å². The minimum absolute atomic E-state index is 0.278. The molecular weight excluding hydrogens is 224 g/mol. The summed E-state index contributed by atoms with van der Waals surface area (Å²) in [7, 11) is 6.52. The fraction of sp³-hybridized carbons (Fsp3) is 0.733. The van der Waals surface area contributed by atoms with E-state index in [0.717, 1.165) is 12.2 Å². The molecule has 0 radical (unpaired) electrons. The highest BCUT2D eigenvalue weighted by Crippen LogP contribution is 2.36. The quantitative estimate of drug-likeness (QED) is 0.871. The molecule has 0 aliphatic heterocycles. The van der Waals surface area contributed by atoms with Crippen LogP contribution in [-0.4, -0.2) is 37.6 Å². The molecule has 1 fully saturated rings. The SMILES string of the molecule is CNC(Cc1ccco1)C1(N(C)C)CCCCC1. The fourth-order valence-electron chi connectivity index (χ4n) is 3.46. The second-order valence-electron chi connectivity index (χ2n) is 5.68. The Hall–Kier alpha value is -0.800. The summed E-state index contributed by atoms with van der Waals surface area (Å²) in [5, 5.41) is 3.53. The molecule has 0 spiro atoms. The van der Waals surface area contributed by atoms with Gasteiger partial charge < -0.3 is 14.6 Å². The molecule has 1 heterocycles. The Bertz CT molecular complexity index is 339. The lowest BCUT2D eigenvalue weighted by Gasteiger charge is -2.48. The van der Waals surface area contributed by atoms with Crippen molar-refractivity contribution in [3.8, 4) is 0 Å². The Morgan fingerprint density at radius 3 is 2.56 bits per heavy atom. The summed E-state index contributed by atoms with van der Waals surface area (Å²) in [6.45, 7) is 0. The molecule has 1 aliphatic carbocycles. The number of nitrogens with zero attached hydrogens (tertiary/aromatic N) is 1. The molecule has 0 saturated heterocycles. The highest BCUT2D eigenvalue weighted by molar-refractivity contribution is 5.08. The summed E-state index contributed by atoms with van der Waals surface area (Å²) in [6.07, 6.45) is 9.38. The van der Waals surface area contributed by atoms with Crippen LogP contribution in [0.4, 0.5) is 0 Å². The Morgan fingerprint density at radius 1 is 1.33 bits per heavy atom. The minimum atomic E-state index is 0.278. The van der Waals surface area contributed by atoms with E-state index < -0.39 is 0 Å². The number of nitrogens with one attached hydrogen (secondary N) is 1. The van der Waals surface area contributed by atoms with Crippen molar-refractivity contribution >= 4 is 0 Å². The zero-order valence-electron chi connectivity index (χ0n) is 11.9. The summed E-state index contributed by atoms with van der Waals surface area (Å²) in [6, 6.07) is 4.51. The summed E-state index contributed by atoms with van der Waals surface area (Å²) < 4.78 is 5.52. The maximum Gasteiger partial charge on any atom is 0.105 e. The van der Waals surface area contributed by atoms with Crippen LogP contribution in [0.1, 0.15) is 37.9 Å². The fourth-order valence-corrected chi connectivity index (χ4v) is 3.46. The first-order chi connectivity index (χ1) is 8.69. The van der Waals surface area contributed by atoms with Gasteiger partial charge in [-0.3, -0.25) is 0 Å². The molecule has 1 saturated carbocycles. The molecule has 0 aromatic carbocycles. The van der Waals surface area contributed by atoms with E-state index in [-0.39, 0.29) is 5.54 Å². The molecule has 1 aliphatic rings. The van der Waals surface area contributed by atoms with Crippen LogP contribution in [0, 0.1) is 0 Å². The van der Waals surface area contributed by atoms with Crippen molar-refractivity contribution in [2.24, 2.45) is 0 Å². The third-order valence-electron chi connectivity index (χ3n) is 4.59. The largest absolute Gasteiger partial charge is 0.469 e. The van der Waals surface area contributed by atoms with Gasteiger partial charge in [0.05, 0.1) is 6.26 Å². The van der Waals surface area contributed by atoms with E-state index in [2.05, 4.69) is 37.4 Å². The van der Waals surface area contributed by atoms with E-state index >= 15 is 0 Å². The van der Waals surface area contributed by atoms with Crippen molar-refractivity contribution in [3.63, 3.8) is 0 Å². The summed E-state index contributed by atoms with van der Waals surface area (Å²) in [5.41, 5.74) is 0.278. The summed E-state index contributed by atoms with van der Waals surface area (Å²) in [4.78, 5) is 2.43. The normalized spacial score (nSPS) is 21.1.